The summed E-state index contributed by atoms with van der Waals surface area (Å²) in [5, 5.41) is 5.63. The summed E-state index contributed by atoms with van der Waals surface area (Å²) in [6, 6.07) is 16.1. The zero-order valence-electron chi connectivity index (χ0n) is 13.8. The Hall–Kier alpha value is -3.67. The van der Waals surface area contributed by atoms with Crippen LogP contribution in [0.1, 0.15) is 11.1 Å². The van der Waals surface area contributed by atoms with E-state index in [0.717, 1.165) is 16.7 Å². The highest BCUT2D eigenvalue weighted by molar-refractivity contribution is 6.05. The van der Waals surface area contributed by atoms with Crippen LogP contribution in [0.2, 0.25) is 0 Å². The topological polar surface area (TPSA) is 76.0 Å². The summed E-state index contributed by atoms with van der Waals surface area (Å²) in [5.74, 6) is -0.295. The predicted molar refractivity (Wildman–Crippen MR) is 98.5 cm³/mol. The Morgan fingerprint density at radius 3 is 2.62 bits per heavy atom. The summed E-state index contributed by atoms with van der Waals surface area (Å²) in [6.07, 6.45) is 6.21. The first-order valence-corrected chi connectivity index (χ1v) is 8.19. The van der Waals surface area contributed by atoms with Gasteiger partial charge in [-0.05, 0) is 23.3 Å². The van der Waals surface area contributed by atoms with Crippen LogP contribution < -0.4 is 10.6 Å². The molecule has 2 N–H and O–H groups in total. The summed E-state index contributed by atoms with van der Waals surface area (Å²) < 4.78 is 1.29. The molecule has 0 bridgehead atoms. The number of para-hydroxylation sites is 1. The number of fused-ring (bicyclic) bond motifs is 1. The van der Waals surface area contributed by atoms with Gasteiger partial charge in [0.05, 0.1) is 0 Å². The molecule has 1 unspecified atom stereocenters. The molecule has 6 heteroatoms. The number of nitrogens with one attached hydrogen (secondary N) is 2. The van der Waals surface area contributed by atoms with Gasteiger partial charge >= 0.3 is 6.03 Å². The molecule has 1 atom stereocenters. The maximum Gasteiger partial charge on any atom is 0.327 e. The summed E-state index contributed by atoms with van der Waals surface area (Å²) in [6.45, 7) is 0. The minimum Gasteiger partial charge on any atom is -0.323 e. The Morgan fingerprint density at radius 2 is 1.85 bits per heavy atom. The summed E-state index contributed by atoms with van der Waals surface area (Å²) in [4.78, 5) is 28.9. The lowest BCUT2D eigenvalue weighted by molar-refractivity contribution is -0.116. The van der Waals surface area contributed by atoms with Gasteiger partial charge in [-0.2, -0.15) is 0 Å². The van der Waals surface area contributed by atoms with Gasteiger partial charge in [-0.25, -0.2) is 9.78 Å². The van der Waals surface area contributed by atoms with Crippen LogP contribution in [0.25, 0.3) is 5.57 Å². The van der Waals surface area contributed by atoms with Crippen molar-refractivity contribution in [2.45, 2.75) is 6.04 Å². The lowest BCUT2D eigenvalue weighted by Crippen LogP contribution is -2.43. The molecule has 1 aliphatic rings. The molecule has 4 rings (SSSR count). The second kappa shape index (κ2) is 6.68. The number of hydrogen-bond donors (Lipinski definition) is 2. The summed E-state index contributed by atoms with van der Waals surface area (Å²) in [7, 11) is 0. The summed E-state index contributed by atoms with van der Waals surface area (Å²) in [5.41, 5.74) is 3.48. The summed E-state index contributed by atoms with van der Waals surface area (Å²) >= 11 is 0. The monoisotopic (exact) mass is 344 g/mol. The third kappa shape index (κ3) is 3.00. The van der Waals surface area contributed by atoms with E-state index in [9.17, 15) is 9.59 Å². The van der Waals surface area contributed by atoms with Gasteiger partial charge in [0.15, 0.2) is 0 Å². The second-order valence-electron chi connectivity index (χ2n) is 5.88. The number of imidazole rings is 1. The largest absolute Gasteiger partial charge is 0.327 e. The van der Waals surface area contributed by atoms with E-state index in [1.165, 1.54) is 23.3 Å². The van der Waals surface area contributed by atoms with Crippen molar-refractivity contribution in [2.75, 3.05) is 5.32 Å². The molecule has 6 nitrogen and oxygen atoms in total. The van der Waals surface area contributed by atoms with Crippen LogP contribution in [0.15, 0.2) is 79.4 Å². The van der Waals surface area contributed by atoms with Crippen molar-refractivity contribution in [1.82, 2.24) is 14.9 Å². The van der Waals surface area contributed by atoms with Crippen LogP contribution in [0.4, 0.5) is 10.5 Å². The van der Waals surface area contributed by atoms with Gasteiger partial charge in [0.2, 0.25) is 0 Å². The number of anilines is 1. The smallest absolute Gasteiger partial charge is 0.323 e. The van der Waals surface area contributed by atoms with Gasteiger partial charge in [0, 0.05) is 23.6 Å². The molecule has 2 aromatic carbocycles. The minimum absolute atomic E-state index is 0.295. The van der Waals surface area contributed by atoms with E-state index in [1.807, 2.05) is 54.6 Å². The Labute approximate surface area is 150 Å². The molecule has 0 aliphatic carbocycles. The van der Waals surface area contributed by atoms with Crippen LogP contribution in [0.5, 0.6) is 0 Å². The predicted octanol–water partition coefficient (Wildman–Crippen LogP) is 2.89. The molecule has 26 heavy (non-hydrogen) atoms. The van der Waals surface area contributed by atoms with E-state index in [2.05, 4.69) is 15.6 Å². The first kappa shape index (κ1) is 15.8. The highest BCUT2D eigenvalue weighted by Gasteiger charge is 2.25. The number of aromatic nitrogens is 2. The second-order valence-corrected chi connectivity index (χ2v) is 5.88. The molecule has 0 fully saturated rings. The first-order chi connectivity index (χ1) is 12.7. The molecular formula is C20H16N4O2. The molecule has 3 aromatic rings. The van der Waals surface area contributed by atoms with Crippen LogP contribution in [-0.2, 0) is 4.79 Å². The van der Waals surface area contributed by atoms with Crippen LogP contribution in [-0.4, -0.2) is 27.5 Å². The number of carbonyl (C=O) groups is 2. The SMILES string of the molecule is O=C1Nc2ccccc2C(c2ccccc2)=CC1NC(=O)n1ccnc1. The van der Waals surface area contributed by atoms with E-state index in [-0.39, 0.29) is 5.91 Å². The van der Waals surface area contributed by atoms with Crippen molar-refractivity contribution in [3.05, 3.63) is 90.5 Å². The van der Waals surface area contributed by atoms with Gasteiger partial charge < -0.3 is 10.6 Å². The normalized spacial score (nSPS) is 16.1. The molecule has 0 spiro atoms. The standard InChI is InChI=1S/C20H16N4O2/c25-19-18(23-20(26)24-11-10-21-13-24)12-16(14-6-2-1-3-7-14)15-8-4-5-9-17(15)22-19/h1-13,18H,(H,22,25)(H,23,26). The zero-order valence-corrected chi connectivity index (χ0v) is 13.8. The number of benzene rings is 2. The quantitative estimate of drug-likeness (QED) is 0.750. The van der Waals surface area contributed by atoms with Crippen molar-refractivity contribution >= 4 is 23.2 Å². The fourth-order valence-corrected chi connectivity index (χ4v) is 2.93. The minimum atomic E-state index is -0.812. The molecule has 1 aromatic heterocycles. The lowest BCUT2D eigenvalue weighted by atomic mass is 9.96. The Balaban J connectivity index is 1.76. The third-order valence-corrected chi connectivity index (χ3v) is 4.19. The van der Waals surface area contributed by atoms with Crippen LogP contribution in [0.3, 0.4) is 0 Å². The molecular weight excluding hydrogens is 328 g/mol. The van der Waals surface area contributed by atoms with Gasteiger partial charge in [-0.1, -0.05) is 48.5 Å². The number of amides is 2. The van der Waals surface area contributed by atoms with Crippen molar-refractivity contribution < 1.29 is 9.59 Å². The van der Waals surface area contributed by atoms with Crippen molar-refractivity contribution in [3.63, 3.8) is 0 Å². The van der Waals surface area contributed by atoms with E-state index >= 15 is 0 Å². The molecule has 2 heterocycles. The highest BCUT2D eigenvalue weighted by atomic mass is 16.2. The fraction of sp³-hybridized carbons (Fsp3) is 0.0500. The number of rotatable bonds is 2. The molecule has 128 valence electrons. The zero-order chi connectivity index (χ0) is 17.9. The lowest BCUT2D eigenvalue weighted by Gasteiger charge is -2.13. The average molecular weight is 344 g/mol. The first-order valence-electron chi connectivity index (χ1n) is 8.19. The number of hydrogen-bond acceptors (Lipinski definition) is 3. The van der Waals surface area contributed by atoms with Crippen molar-refractivity contribution in [2.24, 2.45) is 0 Å². The maximum absolute atomic E-state index is 12.7. The number of carbonyl (C=O) groups excluding carboxylic acids is 2. The van der Waals surface area contributed by atoms with Crippen molar-refractivity contribution in [1.29, 1.82) is 0 Å². The average Bonchev–Trinajstić information content (AvgIpc) is 3.17. The number of nitrogens with zero attached hydrogens (tertiary/aromatic N) is 2. The van der Waals surface area contributed by atoms with Crippen LogP contribution >= 0.6 is 0 Å². The van der Waals surface area contributed by atoms with Gasteiger partial charge in [-0.3, -0.25) is 9.36 Å². The molecule has 0 saturated heterocycles. The molecule has 0 saturated carbocycles. The Morgan fingerprint density at radius 1 is 1.08 bits per heavy atom. The highest BCUT2D eigenvalue weighted by Crippen LogP contribution is 2.32. The fourth-order valence-electron chi connectivity index (χ4n) is 2.93. The van der Waals surface area contributed by atoms with Crippen molar-refractivity contribution in [3.8, 4) is 0 Å². The molecule has 0 radical (unpaired) electrons. The third-order valence-electron chi connectivity index (χ3n) is 4.19. The maximum atomic E-state index is 12.7. The van der Waals surface area contributed by atoms with Gasteiger partial charge in [0.1, 0.15) is 12.4 Å². The molecule has 1 aliphatic heterocycles. The van der Waals surface area contributed by atoms with E-state index < -0.39 is 12.1 Å². The molecule has 2 amide bonds. The Bertz CT molecular complexity index is 978. The van der Waals surface area contributed by atoms with E-state index in [0.29, 0.717) is 5.69 Å². The Kier molecular flexibility index (Phi) is 4.07. The van der Waals surface area contributed by atoms with Gasteiger partial charge in [-0.15, -0.1) is 0 Å². The van der Waals surface area contributed by atoms with Crippen LogP contribution in [0, 0.1) is 0 Å². The van der Waals surface area contributed by atoms with E-state index in [4.69, 9.17) is 0 Å². The van der Waals surface area contributed by atoms with E-state index in [1.54, 1.807) is 6.08 Å². The van der Waals surface area contributed by atoms with Gasteiger partial charge in [0.25, 0.3) is 5.91 Å².